The molecule has 1 aromatic rings. The zero-order chi connectivity index (χ0) is 13.7. The molecule has 19 heavy (non-hydrogen) atoms. The number of nitrogens with zero attached hydrogens (tertiary/aromatic N) is 2. The lowest BCUT2D eigenvalue weighted by Crippen LogP contribution is -2.40. The molecule has 0 bridgehead atoms. The predicted molar refractivity (Wildman–Crippen MR) is 72.1 cm³/mol. The third kappa shape index (κ3) is 4.29. The van der Waals surface area contributed by atoms with Gasteiger partial charge in [-0.1, -0.05) is 0 Å². The number of thiazole rings is 1. The highest BCUT2D eigenvalue weighted by molar-refractivity contribution is 7.15. The quantitative estimate of drug-likeness (QED) is 0.896. The molecule has 104 valence electrons. The van der Waals surface area contributed by atoms with Gasteiger partial charge in [-0.3, -0.25) is 9.59 Å². The molecule has 1 saturated heterocycles. The first-order valence-corrected chi connectivity index (χ1v) is 7.04. The van der Waals surface area contributed by atoms with Gasteiger partial charge in [0.25, 0.3) is 0 Å². The molecule has 1 aliphatic rings. The summed E-state index contributed by atoms with van der Waals surface area (Å²) in [6.45, 7) is 4.32. The molecular formula is C12H17N3O3S. The Bertz CT molecular complexity index is 455. The smallest absolute Gasteiger partial charge is 0.226 e. The average Bonchev–Trinajstić information content (AvgIpc) is 2.82. The van der Waals surface area contributed by atoms with E-state index < -0.39 is 0 Å². The molecule has 6 nitrogen and oxygen atoms in total. The van der Waals surface area contributed by atoms with Gasteiger partial charge in [0.05, 0.1) is 13.2 Å². The van der Waals surface area contributed by atoms with Crippen LogP contribution in [0.15, 0.2) is 6.20 Å². The second-order valence-corrected chi connectivity index (χ2v) is 5.55. The van der Waals surface area contributed by atoms with Crippen molar-refractivity contribution in [3.05, 3.63) is 11.1 Å². The first kappa shape index (κ1) is 14.0. The van der Waals surface area contributed by atoms with Crippen LogP contribution in [0.2, 0.25) is 0 Å². The summed E-state index contributed by atoms with van der Waals surface area (Å²) in [5, 5.41) is 3.28. The molecule has 1 N–H and O–H groups in total. The molecule has 0 aromatic carbocycles. The SMILES string of the molecule is Cc1cnc(NC(=O)CCC(=O)N2CCOCC2)s1. The molecule has 1 fully saturated rings. The lowest BCUT2D eigenvalue weighted by atomic mass is 10.2. The highest BCUT2D eigenvalue weighted by Gasteiger charge is 2.17. The van der Waals surface area contributed by atoms with Crippen molar-refractivity contribution in [2.45, 2.75) is 19.8 Å². The van der Waals surface area contributed by atoms with Crippen LogP contribution in [0.5, 0.6) is 0 Å². The van der Waals surface area contributed by atoms with E-state index in [-0.39, 0.29) is 24.7 Å². The maximum absolute atomic E-state index is 11.8. The van der Waals surface area contributed by atoms with Crippen LogP contribution >= 0.6 is 11.3 Å². The zero-order valence-electron chi connectivity index (χ0n) is 10.8. The van der Waals surface area contributed by atoms with Crippen molar-refractivity contribution in [1.82, 2.24) is 9.88 Å². The number of morpholine rings is 1. The molecular weight excluding hydrogens is 266 g/mol. The number of hydrogen-bond acceptors (Lipinski definition) is 5. The predicted octanol–water partition coefficient (Wildman–Crippen LogP) is 1.03. The summed E-state index contributed by atoms with van der Waals surface area (Å²) in [5.74, 6) is -0.162. The Morgan fingerprint density at radius 1 is 1.42 bits per heavy atom. The number of aromatic nitrogens is 1. The van der Waals surface area contributed by atoms with E-state index in [1.807, 2.05) is 6.92 Å². The molecule has 2 heterocycles. The molecule has 1 aromatic heterocycles. The zero-order valence-corrected chi connectivity index (χ0v) is 11.7. The highest BCUT2D eigenvalue weighted by Crippen LogP contribution is 2.16. The van der Waals surface area contributed by atoms with Crippen LogP contribution in [-0.4, -0.2) is 48.0 Å². The van der Waals surface area contributed by atoms with E-state index in [0.717, 1.165) is 4.88 Å². The number of carbonyl (C=O) groups is 2. The number of anilines is 1. The number of rotatable bonds is 4. The van der Waals surface area contributed by atoms with E-state index in [1.54, 1.807) is 11.1 Å². The van der Waals surface area contributed by atoms with Gasteiger partial charge in [-0.2, -0.15) is 0 Å². The summed E-state index contributed by atoms with van der Waals surface area (Å²) in [6, 6.07) is 0. The molecule has 0 unspecified atom stereocenters. The molecule has 0 atom stereocenters. The number of hydrogen-bond donors (Lipinski definition) is 1. The standard InChI is InChI=1S/C12H17N3O3S/c1-9-8-13-12(19-9)14-10(16)2-3-11(17)15-4-6-18-7-5-15/h8H,2-7H2,1H3,(H,13,14,16). The summed E-state index contributed by atoms with van der Waals surface area (Å²) in [5.41, 5.74) is 0. The molecule has 0 saturated carbocycles. The van der Waals surface area contributed by atoms with Gasteiger partial charge in [-0.15, -0.1) is 11.3 Å². The minimum Gasteiger partial charge on any atom is -0.378 e. The van der Waals surface area contributed by atoms with Gasteiger partial charge >= 0.3 is 0 Å². The Labute approximate surface area is 115 Å². The van der Waals surface area contributed by atoms with Gasteiger partial charge in [0.15, 0.2) is 5.13 Å². The first-order chi connectivity index (χ1) is 9.15. The van der Waals surface area contributed by atoms with Crippen molar-refractivity contribution in [3.8, 4) is 0 Å². The van der Waals surface area contributed by atoms with Crippen LogP contribution in [0.1, 0.15) is 17.7 Å². The van der Waals surface area contributed by atoms with E-state index in [1.165, 1.54) is 11.3 Å². The molecule has 0 spiro atoms. The van der Waals surface area contributed by atoms with E-state index in [9.17, 15) is 9.59 Å². The van der Waals surface area contributed by atoms with Crippen molar-refractivity contribution in [2.24, 2.45) is 0 Å². The van der Waals surface area contributed by atoms with E-state index in [0.29, 0.717) is 31.4 Å². The van der Waals surface area contributed by atoms with Crippen molar-refractivity contribution in [1.29, 1.82) is 0 Å². The fourth-order valence-corrected chi connectivity index (χ4v) is 2.47. The van der Waals surface area contributed by atoms with Crippen LogP contribution in [-0.2, 0) is 14.3 Å². The lowest BCUT2D eigenvalue weighted by Gasteiger charge is -2.26. The largest absolute Gasteiger partial charge is 0.378 e. The van der Waals surface area contributed by atoms with Gasteiger partial charge in [0.2, 0.25) is 11.8 Å². The van der Waals surface area contributed by atoms with Crippen molar-refractivity contribution in [3.63, 3.8) is 0 Å². The summed E-state index contributed by atoms with van der Waals surface area (Å²) < 4.78 is 5.18. The summed E-state index contributed by atoms with van der Waals surface area (Å²) >= 11 is 1.42. The number of ether oxygens (including phenoxy) is 1. The maximum atomic E-state index is 11.8. The Morgan fingerprint density at radius 3 is 2.79 bits per heavy atom. The molecule has 0 aliphatic carbocycles. The number of nitrogens with one attached hydrogen (secondary N) is 1. The van der Waals surface area contributed by atoms with Gasteiger partial charge in [0, 0.05) is 37.0 Å². The van der Waals surface area contributed by atoms with Crippen molar-refractivity contribution < 1.29 is 14.3 Å². The minimum absolute atomic E-state index is 0.00812. The van der Waals surface area contributed by atoms with Crippen LogP contribution in [0.4, 0.5) is 5.13 Å². The Kier molecular flexibility index (Phi) is 4.86. The molecule has 0 radical (unpaired) electrons. The molecule has 2 amide bonds. The Balaban J connectivity index is 1.72. The Morgan fingerprint density at radius 2 is 2.16 bits per heavy atom. The van der Waals surface area contributed by atoms with Gasteiger partial charge in [-0.25, -0.2) is 4.98 Å². The second-order valence-electron chi connectivity index (χ2n) is 4.32. The third-order valence-corrected chi connectivity index (χ3v) is 3.63. The summed E-state index contributed by atoms with van der Waals surface area (Å²) in [4.78, 5) is 30.3. The summed E-state index contributed by atoms with van der Waals surface area (Å²) in [6.07, 6.45) is 2.13. The van der Waals surface area contributed by atoms with Crippen molar-refractivity contribution >= 4 is 28.3 Å². The highest BCUT2D eigenvalue weighted by atomic mass is 32.1. The first-order valence-electron chi connectivity index (χ1n) is 6.23. The van der Waals surface area contributed by atoms with Gasteiger partial charge < -0.3 is 15.0 Å². The van der Waals surface area contributed by atoms with Gasteiger partial charge in [-0.05, 0) is 6.92 Å². The molecule has 1 aliphatic heterocycles. The fourth-order valence-electron chi connectivity index (χ4n) is 1.79. The third-order valence-electron chi connectivity index (χ3n) is 2.80. The fraction of sp³-hybridized carbons (Fsp3) is 0.583. The maximum Gasteiger partial charge on any atom is 0.226 e. The van der Waals surface area contributed by atoms with E-state index in [4.69, 9.17) is 4.74 Å². The van der Waals surface area contributed by atoms with Crippen LogP contribution in [0.3, 0.4) is 0 Å². The van der Waals surface area contributed by atoms with E-state index in [2.05, 4.69) is 10.3 Å². The van der Waals surface area contributed by atoms with Crippen molar-refractivity contribution in [2.75, 3.05) is 31.6 Å². The summed E-state index contributed by atoms with van der Waals surface area (Å²) in [7, 11) is 0. The van der Waals surface area contributed by atoms with Crippen LogP contribution in [0.25, 0.3) is 0 Å². The topological polar surface area (TPSA) is 71.5 Å². The normalized spacial score (nSPS) is 15.3. The molecule has 2 rings (SSSR count). The number of carbonyl (C=O) groups excluding carboxylic acids is 2. The van der Waals surface area contributed by atoms with Gasteiger partial charge in [0.1, 0.15) is 0 Å². The number of amides is 2. The monoisotopic (exact) mass is 283 g/mol. The minimum atomic E-state index is -0.170. The number of aryl methyl sites for hydroxylation is 1. The van der Waals surface area contributed by atoms with Crippen LogP contribution in [0, 0.1) is 6.92 Å². The molecule has 7 heteroatoms. The average molecular weight is 283 g/mol. The lowest BCUT2D eigenvalue weighted by molar-refractivity contribution is -0.136. The van der Waals surface area contributed by atoms with E-state index >= 15 is 0 Å². The second kappa shape index (κ2) is 6.63. The Hall–Kier alpha value is -1.47. The van der Waals surface area contributed by atoms with Crippen LogP contribution < -0.4 is 5.32 Å².